The van der Waals surface area contributed by atoms with Crippen LogP contribution in [-0.4, -0.2) is 53.3 Å². The lowest BCUT2D eigenvalue weighted by Crippen LogP contribution is -2.17. The van der Waals surface area contributed by atoms with Crippen LogP contribution in [0.5, 0.6) is 0 Å². The molecule has 5 nitrogen and oxygen atoms in total. The summed E-state index contributed by atoms with van der Waals surface area (Å²) < 4.78 is 36.6. The summed E-state index contributed by atoms with van der Waals surface area (Å²) in [6, 6.07) is 0. The quantitative estimate of drug-likeness (QED) is 0.488. The maximum Gasteiger partial charge on any atom is 0.234 e. The van der Waals surface area contributed by atoms with Crippen molar-refractivity contribution in [2.45, 2.75) is 12.5 Å². The van der Waals surface area contributed by atoms with Gasteiger partial charge in [0.25, 0.3) is 0 Å². The molecule has 1 aliphatic rings. The monoisotopic (exact) mass is 258 g/mol. The molecule has 1 unspecified atom stereocenters. The van der Waals surface area contributed by atoms with Gasteiger partial charge in [0.05, 0.1) is 38.3 Å². The summed E-state index contributed by atoms with van der Waals surface area (Å²) in [5.41, 5.74) is 0. The van der Waals surface area contributed by atoms with E-state index in [0.717, 1.165) is 13.0 Å². The van der Waals surface area contributed by atoms with E-state index in [9.17, 15) is 8.42 Å². The Morgan fingerprint density at radius 3 is 2.73 bits per heavy atom. The highest BCUT2D eigenvalue weighted by molar-refractivity contribution is 8.13. The van der Waals surface area contributed by atoms with Gasteiger partial charge < -0.3 is 14.2 Å². The number of ether oxygens (including phenoxy) is 3. The minimum atomic E-state index is -3.44. The Morgan fingerprint density at radius 1 is 1.33 bits per heavy atom. The van der Waals surface area contributed by atoms with E-state index in [1.165, 1.54) is 0 Å². The summed E-state index contributed by atoms with van der Waals surface area (Å²) >= 11 is 0. The van der Waals surface area contributed by atoms with Crippen molar-refractivity contribution in [2.75, 3.05) is 38.8 Å². The molecule has 1 aliphatic heterocycles. The number of hydrogen-bond donors (Lipinski definition) is 0. The van der Waals surface area contributed by atoms with E-state index in [0.29, 0.717) is 19.8 Å². The first-order valence-electron chi connectivity index (χ1n) is 4.77. The van der Waals surface area contributed by atoms with Crippen molar-refractivity contribution >= 4 is 19.7 Å². The van der Waals surface area contributed by atoms with Gasteiger partial charge in [-0.25, -0.2) is 8.42 Å². The van der Waals surface area contributed by atoms with Gasteiger partial charge in [0, 0.05) is 17.3 Å². The Hall–Kier alpha value is 0.120. The number of rotatable bonds is 7. The summed E-state index contributed by atoms with van der Waals surface area (Å²) in [4.78, 5) is 0. The van der Waals surface area contributed by atoms with Crippen molar-refractivity contribution < 1.29 is 22.6 Å². The van der Waals surface area contributed by atoms with Gasteiger partial charge >= 0.3 is 0 Å². The molecule has 1 saturated heterocycles. The zero-order valence-corrected chi connectivity index (χ0v) is 9.93. The fraction of sp³-hybridized carbons (Fsp3) is 1.00. The maximum atomic E-state index is 10.5. The van der Waals surface area contributed by atoms with Crippen molar-refractivity contribution in [1.82, 2.24) is 0 Å². The van der Waals surface area contributed by atoms with E-state index < -0.39 is 9.05 Å². The Labute approximate surface area is 94.1 Å². The Bertz CT molecular complexity index is 260. The van der Waals surface area contributed by atoms with Gasteiger partial charge in [-0.05, 0) is 6.42 Å². The van der Waals surface area contributed by atoms with Gasteiger partial charge in [-0.1, -0.05) is 0 Å². The zero-order valence-electron chi connectivity index (χ0n) is 8.35. The van der Waals surface area contributed by atoms with Crippen LogP contribution in [0.25, 0.3) is 0 Å². The van der Waals surface area contributed by atoms with E-state index in [4.69, 9.17) is 24.9 Å². The van der Waals surface area contributed by atoms with Crippen LogP contribution in [0.2, 0.25) is 0 Å². The van der Waals surface area contributed by atoms with Crippen LogP contribution in [0, 0.1) is 0 Å². The molecule has 0 radical (unpaired) electrons. The minimum absolute atomic E-state index is 0.107. The molecule has 0 N–H and O–H groups in total. The van der Waals surface area contributed by atoms with Gasteiger partial charge in [-0.2, -0.15) is 0 Å². The Kier molecular flexibility index (Phi) is 5.84. The molecule has 0 saturated carbocycles. The number of hydrogen-bond acceptors (Lipinski definition) is 5. The lowest BCUT2D eigenvalue weighted by atomic mass is 10.3. The van der Waals surface area contributed by atoms with Crippen LogP contribution in [0.15, 0.2) is 0 Å². The first-order valence-corrected chi connectivity index (χ1v) is 7.25. The van der Waals surface area contributed by atoms with Crippen LogP contribution in [0.3, 0.4) is 0 Å². The first-order chi connectivity index (χ1) is 7.08. The molecule has 7 heteroatoms. The SMILES string of the molecule is O=S(=O)(Cl)CCOCCOC1CCOC1. The second-order valence-corrected chi connectivity index (χ2v) is 6.11. The summed E-state index contributed by atoms with van der Waals surface area (Å²) in [6.45, 7) is 2.32. The lowest BCUT2D eigenvalue weighted by Gasteiger charge is -2.09. The van der Waals surface area contributed by atoms with E-state index in [1.54, 1.807) is 0 Å². The second-order valence-electron chi connectivity index (χ2n) is 3.21. The van der Waals surface area contributed by atoms with Gasteiger partial charge in [-0.3, -0.25) is 0 Å². The topological polar surface area (TPSA) is 61.8 Å². The van der Waals surface area contributed by atoms with Crippen molar-refractivity contribution in [1.29, 1.82) is 0 Å². The van der Waals surface area contributed by atoms with Crippen molar-refractivity contribution in [3.8, 4) is 0 Å². The van der Waals surface area contributed by atoms with Crippen LogP contribution >= 0.6 is 10.7 Å². The van der Waals surface area contributed by atoms with Gasteiger partial charge in [0.1, 0.15) is 0 Å². The average Bonchev–Trinajstić information content (AvgIpc) is 2.61. The van der Waals surface area contributed by atoms with Crippen molar-refractivity contribution in [3.05, 3.63) is 0 Å². The van der Waals surface area contributed by atoms with Crippen LogP contribution < -0.4 is 0 Å². The molecule has 1 heterocycles. The molecular formula is C8H15ClO5S. The van der Waals surface area contributed by atoms with Crippen LogP contribution in [-0.2, 0) is 23.3 Å². The molecule has 1 atom stereocenters. The summed E-state index contributed by atoms with van der Waals surface area (Å²) in [5.74, 6) is -0.166. The predicted octanol–water partition coefficient (Wildman–Crippen LogP) is 0.377. The van der Waals surface area contributed by atoms with Crippen LogP contribution in [0.4, 0.5) is 0 Å². The van der Waals surface area contributed by atoms with Gasteiger partial charge in [-0.15, -0.1) is 0 Å². The van der Waals surface area contributed by atoms with Crippen molar-refractivity contribution in [3.63, 3.8) is 0 Å². The highest BCUT2D eigenvalue weighted by Gasteiger charge is 2.15. The largest absolute Gasteiger partial charge is 0.379 e. The standard InChI is InChI=1S/C8H15ClO5S/c9-15(10,11)6-5-12-3-4-14-8-1-2-13-7-8/h8H,1-7H2. The summed E-state index contributed by atoms with van der Waals surface area (Å²) in [6.07, 6.45) is 1.07. The molecule has 0 aromatic heterocycles. The lowest BCUT2D eigenvalue weighted by molar-refractivity contribution is 0.00398. The van der Waals surface area contributed by atoms with Crippen LogP contribution in [0.1, 0.15) is 6.42 Å². The van der Waals surface area contributed by atoms with E-state index in [-0.39, 0.29) is 18.5 Å². The second kappa shape index (κ2) is 6.65. The Balaban J connectivity index is 1.89. The third kappa shape index (κ3) is 7.08. The highest BCUT2D eigenvalue weighted by Crippen LogP contribution is 2.07. The molecule has 0 aromatic rings. The average molecular weight is 259 g/mol. The fourth-order valence-corrected chi connectivity index (χ4v) is 1.68. The molecule has 0 amide bonds. The highest BCUT2D eigenvalue weighted by atomic mass is 35.7. The predicted molar refractivity (Wildman–Crippen MR) is 55.6 cm³/mol. The van der Waals surface area contributed by atoms with Gasteiger partial charge in [0.15, 0.2) is 0 Å². The molecule has 90 valence electrons. The summed E-state index contributed by atoms with van der Waals surface area (Å²) in [7, 11) is 1.55. The van der Waals surface area contributed by atoms with E-state index >= 15 is 0 Å². The molecule has 15 heavy (non-hydrogen) atoms. The molecular weight excluding hydrogens is 244 g/mol. The fourth-order valence-electron chi connectivity index (χ4n) is 1.18. The molecule has 0 aromatic carbocycles. The molecule has 0 bridgehead atoms. The smallest absolute Gasteiger partial charge is 0.234 e. The maximum absolute atomic E-state index is 10.5. The molecule has 0 spiro atoms. The van der Waals surface area contributed by atoms with Gasteiger partial charge in [0.2, 0.25) is 9.05 Å². The summed E-state index contributed by atoms with van der Waals surface area (Å²) in [5, 5.41) is 0. The van der Waals surface area contributed by atoms with Crippen molar-refractivity contribution in [2.24, 2.45) is 0 Å². The zero-order chi connectivity index (χ0) is 11.1. The minimum Gasteiger partial charge on any atom is -0.379 e. The normalized spacial score (nSPS) is 22.1. The number of halogens is 1. The van der Waals surface area contributed by atoms with E-state index in [1.807, 2.05) is 0 Å². The third-order valence-electron chi connectivity index (χ3n) is 1.94. The third-order valence-corrected chi connectivity index (χ3v) is 3.06. The first kappa shape index (κ1) is 13.2. The molecule has 0 aliphatic carbocycles. The Morgan fingerprint density at radius 2 is 2.13 bits per heavy atom. The molecule has 1 rings (SSSR count). The molecule has 1 fully saturated rings. The van der Waals surface area contributed by atoms with E-state index in [2.05, 4.69) is 0 Å².